The van der Waals surface area contributed by atoms with Crippen LogP contribution in [0.4, 0.5) is 0 Å². The number of carboxylic acid groups (broad SMARTS) is 1. The van der Waals surface area contributed by atoms with Crippen molar-refractivity contribution < 1.29 is 19.5 Å². The van der Waals surface area contributed by atoms with Crippen molar-refractivity contribution in [3.63, 3.8) is 0 Å². The maximum Gasteiger partial charge on any atom is 0.328 e. The van der Waals surface area contributed by atoms with Crippen LogP contribution in [0.2, 0.25) is 0 Å². The van der Waals surface area contributed by atoms with Crippen molar-refractivity contribution in [1.82, 2.24) is 10.9 Å². The van der Waals surface area contributed by atoms with Crippen molar-refractivity contribution in [1.29, 1.82) is 0 Å². The summed E-state index contributed by atoms with van der Waals surface area (Å²) in [5.74, 6) is -2.52. The molecule has 6 heteroatoms. The second-order valence-corrected chi connectivity index (χ2v) is 2.80. The number of rotatable bonds is 3. The van der Waals surface area contributed by atoms with Gasteiger partial charge < -0.3 is 5.11 Å². The van der Waals surface area contributed by atoms with Gasteiger partial charge in [0.25, 0.3) is 5.91 Å². The van der Waals surface area contributed by atoms with E-state index in [4.69, 9.17) is 5.11 Å². The molecule has 6 nitrogen and oxygen atoms in total. The van der Waals surface area contributed by atoms with E-state index in [0.717, 1.165) is 6.08 Å². The third kappa shape index (κ3) is 5.76. The zero-order valence-electron chi connectivity index (χ0n) is 7.90. The van der Waals surface area contributed by atoms with Gasteiger partial charge in [0.05, 0.1) is 0 Å². The standard InChI is InChI=1S/C8H12N2O4/c1-5(2)8(14)10-9-6(11)3-4-7(12)13/h3-5H,1-2H3,(H,9,11)(H,10,14)(H,12,13)/b4-3-. The Kier molecular flexibility index (Phi) is 4.98. The van der Waals surface area contributed by atoms with E-state index in [-0.39, 0.29) is 11.8 Å². The van der Waals surface area contributed by atoms with E-state index < -0.39 is 11.9 Å². The lowest BCUT2D eigenvalue weighted by atomic mass is 10.2. The minimum Gasteiger partial charge on any atom is -0.478 e. The fourth-order valence-electron chi connectivity index (χ4n) is 0.456. The Balaban J connectivity index is 3.86. The smallest absolute Gasteiger partial charge is 0.328 e. The Morgan fingerprint density at radius 2 is 1.71 bits per heavy atom. The Labute approximate surface area is 81.0 Å². The molecule has 0 atom stereocenters. The average Bonchev–Trinajstić information content (AvgIpc) is 2.10. The molecule has 78 valence electrons. The highest BCUT2D eigenvalue weighted by molar-refractivity contribution is 5.94. The average molecular weight is 200 g/mol. The van der Waals surface area contributed by atoms with Gasteiger partial charge >= 0.3 is 5.97 Å². The molecule has 14 heavy (non-hydrogen) atoms. The number of carbonyl (C=O) groups excluding carboxylic acids is 2. The zero-order chi connectivity index (χ0) is 11.1. The third-order valence-electron chi connectivity index (χ3n) is 1.21. The first-order chi connectivity index (χ1) is 6.43. The molecule has 0 unspecified atom stereocenters. The van der Waals surface area contributed by atoms with E-state index in [9.17, 15) is 14.4 Å². The van der Waals surface area contributed by atoms with Crippen LogP contribution in [-0.4, -0.2) is 22.9 Å². The molecule has 0 radical (unpaired) electrons. The molecule has 2 amide bonds. The van der Waals surface area contributed by atoms with Gasteiger partial charge in [-0.05, 0) is 0 Å². The van der Waals surface area contributed by atoms with E-state index >= 15 is 0 Å². The molecule has 0 aromatic carbocycles. The van der Waals surface area contributed by atoms with E-state index in [1.165, 1.54) is 0 Å². The van der Waals surface area contributed by atoms with Crippen LogP contribution >= 0.6 is 0 Å². The predicted molar refractivity (Wildman–Crippen MR) is 47.9 cm³/mol. The molecule has 0 heterocycles. The van der Waals surface area contributed by atoms with E-state index in [2.05, 4.69) is 5.43 Å². The normalized spacial score (nSPS) is 10.2. The van der Waals surface area contributed by atoms with E-state index in [0.29, 0.717) is 6.08 Å². The van der Waals surface area contributed by atoms with Crippen LogP contribution in [0, 0.1) is 5.92 Å². The molecule has 0 aliphatic carbocycles. The highest BCUT2D eigenvalue weighted by Crippen LogP contribution is 1.88. The molecule has 0 aliphatic heterocycles. The van der Waals surface area contributed by atoms with Crippen molar-refractivity contribution in [2.75, 3.05) is 0 Å². The highest BCUT2D eigenvalue weighted by atomic mass is 16.4. The Morgan fingerprint density at radius 1 is 1.14 bits per heavy atom. The number of hydrogen-bond acceptors (Lipinski definition) is 3. The molecular formula is C8H12N2O4. The molecule has 0 rings (SSSR count). The minimum absolute atomic E-state index is 0.251. The summed E-state index contributed by atoms with van der Waals surface area (Å²) in [6, 6.07) is 0. The molecule has 0 bridgehead atoms. The maximum atomic E-state index is 10.9. The molecule has 3 N–H and O–H groups in total. The molecule has 0 aliphatic rings. The molecule has 0 aromatic heterocycles. The first kappa shape index (κ1) is 12.2. The van der Waals surface area contributed by atoms with Crippen LogP contribution in [-0.2, 0) is 14.4 Å². The van der Waals surface area contributed by atoms with Gasteiger partial charge in [0.1, 0.15) is 0 Å². The minimum atomic E-state index is -1.23. The van der Waals surface area contributed by atoms with Crippen molar-refractivity contribution in [3.05, 3.63) is 12.2 Å². The van der Waals surface area contributed by atoms with Gasteiger partial charge in [0.2, 0.25) is 5.91 Å². The molecule has 0 aromatic rings. The lowest BCUT2D eigenvalue weighted by Gasteiger charge is -2.06. The summed E-state index contributed by atoms with van der Waals surface area (Å²) in [6.07, 6.45) is 1.49. The maximum absolute atomic E-state index is 10.9. The summed E-state index contributed by atoms with van der Waals surface area (Å²) in [7, 11) is 0. The fraction of sp³-hybridized carbons (Fsp3) is 0.375. The molecular weight excluding hydrogens is 188 g/mol. The van der Waals surface area contributed by atoms with Crippen molar-refractivity contribution in [3.8, 4) is 0 Å². The summed E-state index contributed by atoms with van der Waals surface area (Å²) < 4.78 is 0. The number of hydrazine groups is 1. The van der Waals surface area contributed by atoms with Crippen LogP contribution in [0.25, 0.3) is 0 Å². The summed E-state index contributed by atoms with van der Waals surface area (Å²) in [6.45, 7) is 3.32. The first-order valence-electron chi connectivity index (χ1n) is 3.94. The van der Waals surface area contributed by atoms with Gasteiger partial charge in [-0.15, -0.1) is 0 Å². The summed E-state index contributed by atoms with van der Waals surface area (Å²) in [4.78, 5) is 31.7. The lowest BCUT2D eigenvalue weighted by Crippen LogP contribution is -2.42. The number of amides is 2. The van der Waals surface area contributed by atoms with Crippen molar-refractivity contribution in [2.24, 2.45) is 5.92 Å². The van der Waals surface area contributed by atoms with Gasteiger partial charge in [-0.25, -0.2) is 4.79 Å². The van der Waals surface area contributed by atoms with Gasteiger partial charge in [-0.2, -0.15) is 0 Å². The second-order valence-electron chi connectivity index (χ2n) is 2.80. The predicted octanol–water partition coefficient (Wildman–Crippen LogP) is -0.569. The summed E-state index contributed by atoms with van der Waals surface area (Å²) in [5, 5.41) is 8.17. The number of carbonyl (C=O) groups is 3. The largest absolute Gasteiger partial charge is 0.478 e. The third-order valence-corrected chi connectivity index (χ3v) is 1.21. The molecule has 0 saturated heterocycles. The Hall–Kier alpha value is -1.85. The molecule has 0 fully saturated rings. The zero-order valence-corrected chi connectivity index (χ0v) is 7.90. The molecule has 0 spiro atoms. The fourth-order valence-corrected chi connectivity index (χ4v) is 0.456. The van der Waals surface area contributed by atoms with Crippen molar-refractivity contribution >= 4 is 17.8 Å². The number of nitrogens with one attached hydrogen (secondary N) is 2. The van der Waals surface area contributed by atoms with Gasteiger partial charge in [0.15, 0.2) is 0 Å². The number of hydrogen-bond donors (Lipinski definition) is 3. The number of carboxylic acids is 1. The van der Waals surface area contributed by atoms with Crippen LogP contribution < -0.4 is 10.9 Å². The molecule has 0 saturated carbocycles. The highest BCUT2D eigenvalue weighted by Gasteiger charge is 2.06. The monoisotopic (exact) mass is 200 g/mol. The van der Waals surface area contributed by atoms with Crippen LogP contribution in [0.5, 0.6) is 0 Å². The van der Waals surface area contributed by atoms with E-state index in [1.807, 2.05) is 5.43 Å². The lowest BCUT2D eigenvalue weighted by molar-refractivity contribution is -0.131. The second kappa shape index (κ2) is 5.74. The quantitative estimate of drug-likeness (QED) is 0.420. The number of aliphatic carboxylic acids is 1. The Morgan fingerprint density at radius 3 is 2.14 bits per heavy atom. The Bertz CT molecular complexity index is 271. The van der Waals surface area contributed by atoms with Gasteiger partial charge in [0, 0.05) is 18.1 Å². The van der Waals surface area contributed by atoms with Gasteiger partial charge in [-0.3, -0.25) is 20.4 Å². The van der Waals surface area contributed by atoms with Crippen LogP contribution in [0.3, 0.4) is 0 Å². The van der Waals surface area contributed by atoms with Crippen LogP contribution in [0.15, 0.2) is 12.2 Å². The first-order valence-corrected chi connectivity index (χ1v) is 3.94. The van der Waals surface area contributed by atoms with Gasteiger partial charge in [-0.1, -0.05) is 13.8 Å². The summed E-state index contributed by atoms with van der Waals surface area (Å²) >= 11 is 0. The SMILES string of the molecule is CC(C)C(=O)NNC(=O)/C=C\C(=O)O. The van der Waals surface area contributed by atoms with Crippen LogP contribution in [0.1, 0.15) is 13.8 Å². The summed E-state index contributed by atoms with van der Waals surface area (Å²) in [5.41, 5.74) is 4.15. The van der Waals surface area contributed by atoms with Crippen molar-refractivity contribution in [2.45, 2.75) is 13.8 Å². The van der Waals surface area contributed by atoms with E-state index in [1.54, 1.807) is 13.8 Å². The topological polar surface area (TPSA) is 95.5 Å².